The molecule has 1 heterocycles. The van der Waals surface area contributed by atoms with Gasteiger partial charge in [0.25, 0.3) is 5.91 Å². The van der Waals surface area contributed by atoms with Gasteiger partial charge in [-0.3, -0.25) is 4.79 Å². The molecule has 0 aliphatic heterocycles. The molecule has 3 aromatic rings. The van der Waals surface area contributed by atoms with E-state index in [1.807, 2.05) is 41.9 Å². The molecule has 146 valence electrons. The van der Waals surface area contributed by atoms with Crippen molar-refractivity contribution in [3.8, 4) is 5.69 Å². The first-order valence-corrected chi connectivity index (χ1v) is 9.91. The van der Waals surface area contributed by atoms with E-state index in [0.717, 1.165) is 36.6 Å². The Hall–Kier alpha value is -2.92. The summed E-state index contributed by atoms with van der Waals surface area (Å²) in [4.78, 5) is 14.0. The van der Waals surface area contributed by atoms with Gasteiger partial charge in [0.15, 0.2) is 0 Å². The van der Waals surface area contributed by atoms with Crippen molar-refractivity contribution in [2.75, 3.05) is 13.1 Å². The van der Waals surface area contributed by atoms with E-state index in [4.69, 9.17) is 0 Å². The molecule has 3 rings (SSSR count). The van der Waals surface area contributed by atoms with Gasteiger partial charge in [-0.25, -0.2) is 4.68 Å². The summed E-state index contributed by atoms with van der Waals surface area (Å²) < 4.78 is 1.85. The topological polar surface area (TPSA) is 51.4 Å². The van der Waals surface area contributed by atoms with Gasteiger partial charge in [0.1, 0.15) is 6.54 Å². The summed E-state index contributed by atoms with van der Waals surface area (Å²) in [6, 6.07) is 18.0. The predicted octanol–water partition coefficient (Wildman–Crippen LogP) is 2.54. The van der Waals surface area contributed by atoms with Crippen LogP contribution in [-0.4, -0.2) is 28.8 Å². The second-order valence-corrected chi connectivity index (χ2v) is 7.06. The van der Waals surface area contributed by atoms with Crippen LogP contribution in [0.15, 0.2) is 60.8 Å². The van der Waals surface area contributed by atoms with Crippen molar-refractivity contribution in [1.29, 1.82) is 0 Å². The quantitative estimate of drug-likeness (QED) is 0.634. The SMILES string of the molecule is CC[NH+](CC)Cc1ccc(CNC(=O)c2ccc(-n3nccc3C)cc2)cc1. The van der Waals surface area contributed by atoms with Crippen molar-refractivity contribution in [3.63, 3.8) is 0 Å². The molecule has 0 saturated carbocycles. The van der Waals surface area contributed by atoms with Crippen molar-refractivity contribution >= 4 is 5.91 Å². The Morgan fingerprint density at radius 3 is 2.18 bits per heavy atom. The minimum atomic E-state index is -0.0691. The van der Waals surface area contributed by atoms with Gasteiger partial charge in [-0.2, -0.15) is 5.10 Å². The maximum Gasteiger partial charge on any atom is 0.251 e. The van der Waals surface area contributed by atoms with Crippen LogP contribution in [0.4, 0.5) is 0 Å². The van der Waals surface area contributed by atoms with Crippen LogP contribution < -0.4 is 10.2 Å². The van der Waals surface area contributed by atoms with Gasteiger partial charge >= 0.3 is 0 Å². The van der Waals surface area contributed by atoms with Crippen LogP contribution >= 0.6 is 0 Å². The van der Waals surface area contributed by atoms with Crippen LogP contribution in [0.2, 0.25) is 0 Å². The van der Waals surface area contributed by atoms with Crippen LogP contribution in [0, 0.1) is 6.92 Å². The van der Waals surface area contributed by atoms with Gasteiger partial charge in [-0.05, 0) is 56.7 Å². The third kappa shape index (κ3) is 4.87. The Balaban J connectivity index is 1.56. The Labute approximate surface area is 167 Å². The van der Waals surface area contributed by atoms with E-state index < -0.39 is 0 Å². The molecule has 2 aromatic carbocycles. The molecule has 0 saturated heterocycles. The number of nitrogens with zero attached hydrogens (tertiary/aromatic N) is 2. The lowest BCUT2D eigenvalue weighted by Crippen LogP contribution is -3.10. The molecule has 5 nitrogen and oxygen atoms in total. The van der Waals surface area contributed by atoms with Crippen LogP contribution in [0.25, 0.3) is 5.69 Å². The van der Waals surface area contributed by atoms with E-state index in [1.54, 1.807) is 11.1 Å². The van der Waals surface area contributed by atoms with Gasteiger partial charge in [0, 0.05) is 29.6 Å². The number of carbonyl (C=O) groups excluding carboxylic acids is 1. The Morgan fingerprint density at radius 2 is 1.61 bits per heavy atom. The average Bonchev–Trinajstić information content (AvgIpc) is 3.17. The van der Waals surface area contributed by atoms with E-state index in [1.165, 1.54) is 5.56 Å². The van der Waals surface area contributed by atoms with E-state index in [2.05, 4.69) is 48.5 Å². The molecule has 0 aliphatic rings. The molecule has 0 spiro atoms. The molecule has 0 atom stereocenters. The number of hydrogen-bond acceptors (Lipinski definition) is 2. The highest BCUT2D eigenvalue weighted by atomic mass is 16.1. The summed E-state index contributed by atoms with van der Waals surface area (Å²) in [6.07, 6.45) is 1.77. The fourth-order valence-electron chi connectivity index (χ4n) is 3.24. The number of rotatable bonds is 8. The van der Waals surface area contributed by atoms with Crippen molar-refractivity contribution in [3.05, 3.63) is 83.2 Å². The lowest BCUT2D eigenvalue weighted by atomic mass is 10.1. The molecule has 0 bridgehead atoms. The third-order valence-electron chi connectivity index (χ3n) is 5.14. The molecule has 0 radical (unpaired) electrons. The number of hydrogen-bond donors (Lipinski definition) is 2. The maximum atomic E-state index is 12.4. The summed E-state index contributed by atoms with van der Waals surface area (Å²) in [6.45, 7) is 10.3. The monoisotopic (exact) mass is 377 g/mol. The largest absolute Gasteiger partial charge is 0.348 e. The summed E-state index contributed by atoms with van der Waals surface area (Å²) in [5.74, 6) is -0.0691. The number of nitrogens with one attached hydrogen (secondary N) is 2. The smallest absolute Gasteiger partial charge is 0.251 e. The maximum absolute atomic E-state index is 12.4. The van der Waals surface area contributed by atoms with Crippen molar-refractivity contribution in [2.45, 2.75) is 33.9 Å². The first kappa shape index (κ1) is 19.8. The average molecular weight is 378 g/mol. The molecular weight excluding hydrogens is 348 g/mol. The first-order valence-electron chi connectivity index (χ1n) is 9.91. The molecular formula is C23H29N4O+. The third-order valence-corrected chi connectivity index (χ3v) is 5.14. The van der Waals surface area contributed by atoms with Crippen LogP contribution in [0.3, 0.4) is 0 Å². The molecule has 0 fully saturated rings. The lowest BCUT2D eigenvalue weighted by Gasteiger charge is -2.15. The summed E-state index contributed by atoms with van der Waals surface area (Å²) in [7, 11) is 0. The zero-order chi connectivity index (χ0) is 19.9. The number of amides is 1. The van der Waals surface area contributed by atoms with E-state index in [-0.39, 0.29) is 5.91 Å². The number of benzene rings is 2. The zero-order valence-corrected chi connectivity index (χ0v) is 16.9. The Bertz CT molecular complexity index is 893. The van der Waals surface area contributed by atoms with Gasteiger partial charge < -0.3 is 10.2 Å². The highest BCUT2D eigenvalue weighted by molar-refractivity contribution is 5.94. The van der Waals surface area contributed by atoms with Crippen molar-refractivity contribution in [2.24, 2.45) is 0 Å². The standard InChI is InChI=1S/C23H28N4O/c1-4-26(5-2)17-20-8-6-19(7-9-20)16-24-23(28)21-10-12-22(13-11-21)27-18(3)14-15-25-27/h6-15H,4-5,16-17H2,1-3H3,(H,24,28)/p+1. The van der Waals surface area contributed by atoms with Gasteiger partial charge in [0.2, 0.25) is 0 Å². The zero-order valence-electron chi connectivity index (χ0n) is 16.9. The van der Waals surface area contributed by atoms with E-state index >= 15 is 0 Å². The van der Waals surface area contributed by atoms with Crippen LogP contribution in [-0.2, 0) is 13.1 Å². The predicted molar refractivity (Wildman–Crippen MR) is 112 cm³/mol. The second-order valence-electron chi connectivity index (χ2n) is 7.06. The van der Waals surface area contributed by atoms with Gasteiger partial charge in [-0.1, -0.05) is 24.3 Å². The summed E-state index contributed by atoms with van der Waals surface area (Å²) in [5, 5.41) is 7.28. The highest BCUT2D eigenvalue weighted by Crippen LogP contribution is 2.11. The number of aromatic nitrogens is 2. The summed E-state index contributed by atoms with van der Waals surface area (Å²) in [5.41, 5.74) is 5.09. The number of quaternary nitrogens is 1. The number of aryl methyl sites for hydroxylation is 1. The molecule has 28 heavy (non-hydrogen) atoms. The summed E-state index contributed by atoms with van der Waals surface area (Å²) >= 11 is 0. The minimum absolute atomic E-state index is 0.0691. The van der Waals surface area contributed by atoms with Crippen molar-refractivity contribution in [1.82, 2.24) is 15.1 Å². The van der Waals surface area contributed by atoms with Gasteiger partial charge in [-0.15, -0.1) is 0 Å². The molecule has 0 aliphatic carbocycles. The fourth-order valence-corrected chi connectivity index (χ4v) is 3.24. The Kier molecular flexibility index (Phi) is 6.61. The van der Waals surface area contributed by atoms with Gasteiger partial charge in [0.05, 0.1) is 18.8 Å². The second kappa shape index (κ2) is 9.33. The normalized spacial score (nSPS) is 11.0. The lowest BCUT2D eigenvalue weighted by molar-refractivity contribution is -0.910. The minimum Gasteiger partial charge on any atom is -0.348 e. The molecule has 0 unspecified atom stereocenters. The Morgan fingerprint density at radius 1 is 0.964 bits per heavy atom. The van der Waals surface area contributed by atoms with Crippen LogP contribution in [0.1, 0.15) is 41.0 Å². The molecule has 1 amide bonds. The first-order chi connectivity index (χ1) is 13.6. The molecule has 1 aromatic heterocycles. The molecule has 5 heteroatoms. The molecule has 2 N–H and O–H groups in total. The number of carbonyl (C=O) groups is 1. The van der Waals surface area contributed by atoms with Crippen molar-refractivity contribution < 1.29 is 9.69 Å². The van der Waals surface area contributed by atoms with E-state index in [9.17, 15) is 4.79 Å². The highest BCUT2D eigenvalue weighted by Gasteiger charge is 2.08. The van der Waals surface area contributed by atoms with Crippen LogP contribution in [0.5, 0.6) is 0 Å². The fraction of sp³-hybridized carbons (Fsp3) is 0.304. The van der Waals surface area contributed by atoms with E-state index in [0.29, 0.717) is 12.1 Å².